The van der Waals surface area contributed by atoms with E-state index in [2.05, 4.69) is 48.7 Å². The molecule has 3 rings (SSSR count). The summed E-state index contributed by atoms with van der Waals surface area (Å²) < 4.78 is 11.8. The fraction of sp³-hybridized carbons (Fsp3) is 0.533. The van der Waals surface area contributed by atoms with Gasteiger partial charge in [-0.15, -0.1) is 0 Å². The maximum absolute atomic E-state index is 12.8. The Morgan fingerprint density at radius 2 is 0.895 bits per heavy atom. The maximum atomic E-state index is 12.8. The van der Waals surface area contributed by atoms with E-state index in [0.29, 0.717) is 39.5 Å². The summed E-state index contributed by atoms with van der Waals surface area (Å²) in [7, 11) is 0. The molecule has 1 fully saturated rings. The second-order valence-electron chi connectivity index (χ2n) is 10.7. The predicted octanol–water partition coefficient (Wildman–Crippen LogP) is 0.931. The molecule has 0 atom stereocenters. The van der Waals surface area contributed by atoms with Gasteiger partial charge in [-0.05, 0) is 63.8 Å². The van der Waals surface area contributed by atoms with Crippen molar-refractivity contribution in [3.8, 4) is 0 Å². The highest BCUT2D eigenvalue weighted by Crippen LogP contribution is 2.22. The van der Waals surface area contributed by atoms with Crippen LogP contribution in [0, 0.1) is 41.5 Å². The van der Waals surface area contributed by atoms with Crippen LogP contribution in [-0.4, -0.2) is 77.5 Å². The molecule has 0 aliphatic carbocycles. The highest BCUT2D eigenvalue weighted by Gasteiger charge is 2.19. The maximum Gasteiger partial charge on any atom is 0.279 e. The molecule has 8 heteroatoms. The van der Waals surface area contributed by atoms with Crippen molar-refractivity contribution in [2.75, 3.05) is 76.3 Å². The van der Waals surface area contributed by atoms with Crippen molar-refractivity contribution in [3.63, 3.8) is 0 Å². The van der Waals surface area contributed by atoms with Crippen LogP contribution in [0.2, 0.25) is 0 Å². The summed E-state index contributed by atoms with van der Waals surface area (Å²) in [5.74, 6) is 0.00524. The average Bonchev–Trinajstić information content (AvgIpc) is 2.81. The zero-order chi connectivity index (χ0) is 27.7. The van der Waals surface area contributed by atoms with E-state index < -0.39 is 0 Å². The first kappa shape index (κ1) is 29.8. The Bertz CT molecular complexity index is 972. The van der Waals surface area contributed by atoms with Gasteiger partial charge in [0.05, 0.1) is 26.4 Å². The smallest absolute Gasteiger partial charge is 0.279 e. The molecule has 0 spiro atoms. The molecule has 0 bridgehead atoms. The lowest BCUT2D eigenvalue weighted by molar-refractivity contribution is -0.899. The molecule has 0 saturated carbocycles. The van der Waals surface area contributed by atoms with Crippen LogP contribution in [0.15, 0.2) is 24.3 Å². The first-order valence-corrected chi connectivity index (χ1v) is 13.7. The van der Waals surface area contributed by atoms with E-state index in [4.69, 9.17) is 9.47 Å². The Labute approximate surface area is 227 Å². The Balaban J connectivity index is 1.47. The van der Waals surface area contributed by atoms with Crippen molar-refractivity contribution >= 4 is 23.2 Å². The van der Waals surface area contributed by atoms with Crippen molar-refractivity contribution < 1.29 is 28.9 Å². The molecule has 1 heterocycles. The number of hydrogen-bond donors (Lipinski definition) is 4. The predicted molar refractivity (Wildman–Crippen MR) is 151 cm³/mol. The standard InChI is InChI=1S/C30H44N4O4/c1-21-15-23(3)29(24(4)16-21)31-27(35)19-33-7-11-37-13-9-34(10-14-38-12-8-33)20-28(36)32-30-25(5)17-22(2)18-26(30)6/h15-18H,7-14,19-20H2,1-6H3,(H,31,35)(H,32,36)/p+2. The topological polar surface area (TPSA) is 85.5 Å². The quantitative estimate of drug-likeness (QED) is 0.451. The largest absolute Gasteiger partial charge is 0.370 e. The van der Waals surface area contributed by atoms with E-state index in [-0.39, 0.29) is 11.8 Å². The summed E-state index contributed by atoms with van der Waals surface area (Å²) in [6, 6.07) is 8.36. The highest BCUT2D eigenvalue weighted by atomic mass is 16.5. The van der Waals surface area contributed by atoms with Gasteiger partial charge in [0.1, 0.15) is 26.2 Å². The van der Waals surface area contributed by atoms with Gasteiger partial charge in [0, 0.05) is 11.4 Å². The van der Waals surface area contributed by atoms with Crippen molar-refractivity contribution in [2.24, 2.45) is 0 Å². The number of carbonyl (C=O) groups excluding carboxylic acids is 2. The summed E-state index contributed by atoms with van der Waals surface area (Å²) in [6.45, 7) is 18.1. The number of hydrogen-bond acceptors (Lipinski definition) is 4. The van der Waals surface area contributed by atoms with Crippen LogP contribution in [0.5, 0.6) is 0 Å². The molecule has 8 nitrogen and oxygen atoms in total. The third-order valence-electron chi connectivity index (χ3n) is 7.10. The molecule has 4 N–H and O–H groups in total. The van der Waals surface area contributed by atoms with Crippen LogP contribution in [0.1, 0.15) is 33.4 Å². The second kappa shape index (κ2) is 14.4. The van der Waals surface area contributed by atoms with Crippen LogP contribution in [0.3, 0.4) is 0 Å². The van der Waals surface area contributed by atoms with Crippen molar-refractivity contribution in [2.45, 2.75) is 41.5 Å². The van der Waals surface area contributed by atoms with E-state index in [1.807, 2.05) is 27.7 Å². The van der Waals surface area contributed by atoms with Crippen LogP contribution >= 0.6 is 0 Å². The number of ether oxygens (including phenoxy) is 2. The highest BCUT2D eigenvalue weighted by molar-refractivity contribution is 5.93. The fourth-order valence-corrected chi connectivity index (χ4v) is 5.25. The van der Waals surface area contributed by atoms with E-state index in [1.54, 1.807) is 0 Å². The van der Waals surface area contributed by atoms with Crippen LogP contribution in [0.4, 0.5) is 11.4 Å². The van der Waals surface area contributed by atoms with Gasteiger partial charge in [0.2, 0.25) is 0 Å². The molecule has 38 heavy (non-hydrogen) atoms. The monoisotopic (exact) mass is 526 g/mol. The number of aryl methyl sites for hydroxylation is 6. The molecule has 0 unspecified atom stereocenters. The molecular weight excluding hydrogens is 480 g/mol. The summed E-state index contributed by atoms with van der Waals surface area (Å²) >= 11 is 0. The Morgan fingerprint density at radius 3 is 1.18 bits per heavy atom. The van der Waals surface area contributed by atoms with Crippen molar-refractivity contribution in [3.05, 3.63) is 57.6 Å². The van der Waals surface area contributed by atoms with Gasteiger partial charge in [-0.3, -0.25) is 9.59 Å². The molecule has 0 aromatic heterocycles. The summed E-state index contributed by atoms with van der Waals surface area (Å²) in [4.78, 5) is 27.9. The van der Waals surface area contributed by atoms with Crippen molar-refractivity contribution in [1.82, 2.24) is 0 Å². The summed E-state index contributed by atoms with van der Waals surface area (Å²) in [5.41, 5.74) is 8.51. The number of anilines is 2. The van der Waals surface area contributed by atoms with E-state index in [1.165, 1.54) is 11.1 Å². The molecule has 208 valence electrons. The van der Waals surface area contributed by atoms with E-state index >= 15 is 0 Å². The Hall–Kier alpha value is -2.78. The van der Waals surface area contributed by atoms with Gasteiger partial charge in [-0.25, -0.2) is 0 Å². The molecular formula is C30H46N4O4+2. The minimum absolute atomic E-state index is 0.00262. The lowest BCUT2D eigenvalue weighted by Gasteiger charge is -2.23. The minimum Gasteiger partial charge on any atom is -0.370 e. The fourth-order valence-electron chi connectivity index (χ4n) is 5.25. The molecule has 1 aliphatic heterocycles. The number of nitrogens with one attached hydrogen (secondary N) is 4. The normalized spacial score (nSPS) is 19.2. The Kier molecular flexibility index (Phi) is 11.3. The van der Waals surface area contributed by atoms with Crippen molar-refractivity contribution in [1.29, 1.82) is 0 Å². The summed E-state index contributed by atoms with van der Waals surface area (Å²) in [5, 5.41) is 6.22. The minimum atomic E-state index is 0.00262. The molecule has 0 radical (unpaired) electrons. The number of benzene rings is 2. The molecule has 2 aromatic rings. The first-order valence-electron chi connectivity index (χ1n) is 13.7. The third kappa shape index (κ3) is 9.20. The van der Waals surface area contributed by atoms with Gasteiger partial charge < -0.3 is 29.9 Å². The molecule has 1 aliphatic rings. The third-order valence-corrected chi connectivity index (χ3v) is 7.10. The first-order chi connectivity index (χ1) is 18.1. The van der Waals surface area contributed by atoms with Crippen LogP contribution in [0.25, 0.3) is 0 Å². The number of carbonyl (C=O) groups is 2. The Morgan fingerprint density at radius 1 is 0.605 bits per heavy atom. The molecule has 2 aromatic carbocycles. The van der Waals surface area contributed by atoms with Gasteiger partial charge in [0.25, 0.3) is 11.8 Å². The SMILES string of the molecule is Cc1cc(C)c(NC(=O)C[NH+]2CCOCC[NH+](CC(=O)Nc3c(C)cc(C)cc3C)CCOCC2)c(C)c1. The number of amides is 2. The molecule has 2 amide bonds. The van der Waals surface area contributed by atoms with Gasteiger partial charge in [-0.2, -0.15) is 0 Å². The zero-order valence-electron chi connectivity index (χ0n) is 24.0. The lowest BCUT2D eigenvalue weighted by atomic mass is 10.1. The van der Waals surface area contributed by atoms with Crippen LogP contribution < -0.4 is 20.4 Å². The van der Waals surface area contributed by atoms with E-state index in [9.17, 15) is 9.59 Å². The second-order valence-corrected chi connectivity index (χ2v) is 10.7. The van der Waals surface area contributed by atoms with Gasteiger partial charge >= 0.3 is 0 Å². The van der Waals surface area contributed by atoms with Gasteiger partial charge in [0.15, 0.2) is 13.1 Å². The van der Waals surface area contributed by atoms with Crippen LogP contribution in [-0.2, 0) is 19.1 Å². The van der Waals surface area contributed by atoms with Gasteiger partial charge in [-0.1, -0.05) is 35.4 Å². The lowest BCUT2D eigenvalue weighted by Crippen LogP contribution is -3.15. The zero-order valence-corrected chi connectivity index (χ0v) is 24.0. The van der Waals surface area contributed by atoms with E-state index in [0.717, 1.165) is 69.6 Å². The molecule has 1 saturated heterocycles. The summed E-state index contributed by atoms with van der Waals surface area (Å²) in [6.07, 6.45) is 0. The number of quaternary nitrogens is 2. The average molecular weight is 527 g/mol. The number of rotatable bonds is 6.